The summed E-state index contributed by atoms with van der Waals surface area (Å²) in [7, 11) is -3.43. The van der Waals surface area contributed by atoms with E-state index in [4.69, 9.17) is 0 Å². The van der Waals surface area contributed by atoms with Gasteiger partial charge in [-0.05, 0) is 49.9 Å². The maximum atomic E-state index is 12.6. The Bertz CT molecular complexity index is 934. The average molecular weight is 415 g/mol. The van der Waals surface area contributed by atoms with E-state index in [1.807, 2.05) is 30.3 Å². The van der Waals surface area contributed by atoms with Crippen LogP contribution in [0, 0.1) is 0 Å². The summed E-state index contributed by atoms with van der Waals surface area (Å²) in [5.74, 6) is 0.733. The number of hydrogen-bond acceptors (Lipinski definition) is 5. The van der Waals surface area contributed by atoms with E-state index in [-0.39, 0.29) is 16.8 Å². The van der Waals surface area contributed by atoms with Crippen molar-refractivity contribution in [2.45, 2.75) is 36.6 Å². The molecule has 0 saturated carbocycles. The molecule has 4 rings (SSSR count). The van der Waals surface area contributed by atoms with Gasteiger partial charge in [-0.3, -0.25) is 4.79 Å². The second-order valence-electron chi connectivity index (χ2n) is 7.56. The minimum absolute atomic E-state index is 0.0429. The van der Waals surface area contributed by atoms with Crippen LogP contribution < -0.4 is 10.2 Å². The van der Waals surface area contributed by atoms with Gasteiger partial charge in [0.15, 0.2) is 0 Å². The lowest BCUT2D eigenvalue weighted by Crippen LogP contribution is -2.45. The number of hydrogen-bond donors (Lipinski definition) is 1. The first-order valence-electron chi connectivity index (χ1n) is 10.1. The predicted molar refractivity (Wildman–Crippen MR) is 111 cm³/mol. The number of nitrogens with zero attached hydrogens (tertiary/aromatic N) is 3. The Labute approximate surface area is 171 Å². The van der Waals surface area contributed by atoms with Crippen LogP contribution in [0.1, 0.15) is 36.0 Å². The molecule has 0 spiro atoms. The molecule has 2 aliphatic heterocycles. The maximum Gasteiger partial charge on any atom is 0.251 e. The number of carbonyl (C=O) groups is 1. The zero-order valence-electron chi connectivity index (χ0n) is 16.3. The van der Waals surface area contributed by atoms with Crippen molar-refractivity contribution in [3.05, 3.63) is 54.2 Å². The quantitative estimate of drug-likeness (QED) is 0.812. The van der Waals surface area contributed by atoms with Crippen molar-refractivity contribution in [1.82, 2.24) is 14.6 Å². The molecule has 2 aliphatic rings. The normalized spacial score (nSPS) is 18.7. The molecule has 0 bridgehead atoms. The average Bonchev–Trinajstić information content (AvgIpc) is 3.31. The van der Waals surface area contributed by atoms with Crippen LogP contribution in [-0.2, 0) is 10.0 Å². The highest BCUT2D eigenvalue weighted by Gasteiger charge is 2.28. The van der Waals surface area contributed by atoms with Gasteiger partial charge in [-0.15, -0.1) is 0 Å². The summed E-state index contributed by atoms with van der Waals surface area (Å²) < 4.78 is 26.8. The lowest BCUT2D eigenvalue weighted by atomic mass is 10.0. The molecule has 0 atom stereocenters. The van der Waals surface area contributed by atoms with Crippen molar-refractivity contribution in [3.63, 3.8) is 0 Å². The van der Waals surface area contributed by atoms with Gasteiger partial charge in [0.25, 0.3) is 5.91 Å². The molecule has 2 saturated heterocycles. The molecule has 1 aromatic heterocycles. The van der Waals surface area contributed by atoms with Gasteiger partial charge in [-0.1, -0.05) is 18.2 Å². The third-order valence-corrected chi connectivity index (χ3v) is 7.50. The first-order valence-corrected chi connectivity index (χ1v) is 11.5. The number of pyridine rings is 1. The molecular formula is C21H26N4O3S. The Morgan fingerprint density at radius 2 is 1.66 bits per heavy atom. The van der Waals surface area contributed by atoms with Crippen LogP contribution in [0.2, 0.25) is 0 Å². The molecule has 0 aliphatic carbocycles. The van der Waals surface area contributed by atoms with Crippen LogP contribution >= 0.6 is 0 Å². The second kappa shape index (κ2) is 8.51. The van der Waals surface area contributed by atoms with Crippen LogP contribution in [-0.4, -0.2) is 55.8 Å². The summed E-state index contributed by atoms with van der Waals surface area (Å²) in [4.78, 5) is 19.1. The highest BCUT2D eigenvalue weighted by Crippen LogP contribution is 2.23. The molecule has 1 N–H and O–H groups in total. The number of anilines is 1. The van der Waals surface area contributed by atoms with E-state index in [9.17, 15) is 13.2 Å². The largest absolute Gasteiger partial charge is 0.356 e. The van der Waals surface area contributed by atoms with Gasteiger partial charge >= 0.3 is 0 Å². The van der Waals surface area contributed by atoms with E-state index in [0.717, 1.165) is 44.6 Å². The Kier molecular flexibility index (Phi) is 5.82. The molecule has 1 aromatic carbocycles. The van der Waals surface area contributed by atoms with Gasteiger partial charge in [0.2, 0.25) is 10.0 Å². The monoisotopic (exact) mass is 414 g/mol. The summed E-state index contributed by atoms with van der Waals surface area (Å²) in [5, 5.41) is 3.10. The van der Waals surface area contributed by atoms with Crippen molar-refractivity contribution in [2.75, 3.05) is 31.1 Å². The number of sulfonamides is 1. The number of amides is 1. The van der Waals surface area contributed by atoms with E-state index < -0.39 is 10.0 Å². The summed E-state index contributed by atoms with van der Waals surface area (Å²) in [6.07, 6.45) is 4.95. The first-order chi connectivity index (χ1) is 14.0. The summed E-state index contributed by atoms with van der Waals surface area (Å²) in [6.45, 7) is 2.72. The second-order valence-corrected chi connectivity index (χ2v) is 9.50. The predicted octanol–water partition coefficient (Wildman–Crippen LogP) is 2.26. The van der Waals surface area contributed by atoms with E-state index >= 15 is 0 Å². The first kappa shape index (κ1) is 19.8. The number of piperidine rings is 1. The summed E-state index contributed by atoms with van der Waals surface area (Å²) >= 11 is 0. The van der Waals surface area contributed by atoms with Crippen LogP contribution in [0.3, 0.4) is 0 Å². The molecule has 8 heteroatoms. The van der Waals surface area contributed by atoms with E-state index in [1.165, 1.54) is 10.5 Å². The third-order valence-electron chi connectivity index (χ3n) is 5.61. The fourth-order valence-corrected chi connectivity index (χ4v) is 5.36. The fraction of sp³-hybridized carbons (Fsp3) is 0.429. The van der Waals surface area contributed by atoms with Crippen LogP contribution in [0.15, 0.2) is 53.6 Å². The van der Waals surface area contributed by atoms with Gasteiger partial charge in [0, 0.05) is 44.0 Å². The lowest BCUT2D eigenvalue weighted by molar-refractivity contribution is 0.0931. The molecule has 154 valence electrons. The Morgan fingerprint density at radius 3 is 2.28 bits per heavy atom. The van der Waals surface area contributed by atoms with Gasteiger partial charge < -0.3 is 10.2 Å². The maximum absolute atomic E-state index is 12.6. The minimum Gasteiger partial charge on any atom is -0.356 e. The van der Waals surface area contributed by atoms with Gasteiger partial charge in [-0.25, -0.2) is 13.4 Å². The minimum atomic E-state index is -3.43. The molecular weight excluding hydrogens is 388 g/mol. The van der Waals surface area contributed by atoms with Gasteiger partial charge in [0.05, 0.1) is 0 Å². The summed E-state index contributed by atoms with van der Waals surface area (Å²) in [6, 6.07) is 12.8. The number of benzene rings is 1. The van der Waals surface area contributed by atoms with E-state index in [2.05, 4.69) is 15.2 Å². The number of nitrogens with one attached hydrogen (secondary N) is 1. The zero-order chi connectivity index (χ0) is 20.3. The Morgan fingerprint density at radius 1 is 0.966 bits per heavy atom. The van der Waals surface area contributed by atoms with Crippen molar-refractivity contribution < 1.29 is 13.2 Å². The topological polar surface area (TPSA) is 82.6 Å². The molecule has 3 heterocycles. The molecule has 2 fully saturated rings. The highest BCUT2D eigenvalue weighted by molar-refractivity contribution is 7.89. The molecule has 7 nitrogen and oxygen atoms in total. The molecule has 0 unspecified atom stereocenters. The standard InChI is InChI=1S/C21H26N4O3S/c26-21(17-6-2-1-3-7-17)23-18-10-14-24(15-11-18)20-9-8-19(16-22-20)29(27,28)25-12-4-5-13-25/h1-3,6-9,16,18H,4-5,10-15H2,(H,23,26). The van der Waals surface area contributed by atoms with Crippen LogP contribution in [0.25, 0.3) is 0 Å². The number of carbonyl (C=O) groups excluding carboxylic acids is 1. The molecule has 29 heavy (non-hydrogen) atoms. The van der Waals surface area contributed by atoms with Crippen molar-refractivity contribution in [1.29, 1.82) is 0 Å². The Balaban J connectivity index is 1.33. The van der Waals surface area contributed by atoms with E-state index in [1.54, 1.807) is 12.1 Å². The molecule has 2 aromatic rings. The van der Waals surface area contributed by atoms with Crippen molar-refractivity contribution in [3.8, 4) is 0 Å². The fourth-order valence-electron chi connectivity index (χ4n) is 3.90. The number of rotatable bonds is 5. The van der Waals surface area contributed by atoms with Gasteiger partial charge in [0.1, 0.15) is 10.7 Å². The van der Waals surface area contributed by atoms with Crippen molar-refractivity contribution in [2.24, 2.45) is 0 Å². The smallest absolute Gasteiger partial charge is 0.251 e. The van der Waals surface area contributed by atoms with E-state index in [0.29, 0.717) is 18.7 Å². The zero-order valence-corrected chi connectivity index (χ0v) is 17.1. The Hall–Kier alpha value is -2.45. The SMILES string of the molecule is O=C(NC1CCN(c2ccc(S(=O)(=O)N3CCCC3)cn2)CC1)c1ccccc1. The highest BCUT2D eigenvalue weighted by atomic mass is 32.2. The van der Waals surface area contributed by atoms with Crippen molar-refractivity contribution >= 4 is 21.7 Å². The molecule has 0 radical (unpaired) electrons. The van der Waals surface area contributed by atoms with Crippen LogP contribution in [0.5, 0.6) is 0 Å². The lowest BCUT2D eigenvalue weighted by Gasteiger charge is -2.33. The van der Waals surface area contributed by atoms with Gasteiger partial charge in [-0.2, -0.15) is 4.31 Å². The van der Waals surface area contributed by atoms with Crippen LogP contribution in [0.4, 0.5) is 5.82 Å². The third kappa shape index (κ3) is 4.43. The number of aromatic nitrogens is 1. The summed E-state index contributed by atoms with van der Waals surface area (Å²) in [5.41, 5.74) is 0.673. The molecule has 1 amide bonds.